The van der Waals surface area contributed by atoms with Crippen molar-refractivity contribution in [3.8, 4) is 0 Å². The molecule has 0 aliphatic rings. The van der Waals surface area contributed by atoms with Crippen LogP contribution in [0.2, 0.25) is 0 Å². The van der Waals surface area contributed by atoms with Crippen LogP contribution in [0.4, 0.5) is 0 Å². The van der Waals surface area contributed by atoms with Crippen molar-refractivity contribution >= 4 is 5.91 Å². The van der Waals surface area contributed by atoms with Gasteiger partial charge in [0.1, 0.15) is 11.5 Å². The molecule has 1 amide bonds. The molecule has 0 unspecified atom stereocenters. The predicted octanol–water partition coefficient (Wildman–Crippen LogP) is 1.16. The van der Waals surface area contributed by atoms with Crippen LogP contribution in [0.25, 0.3) is 0 Å². The molecule has 0 aromatic carbocycles. The summed E-state index contributed by atoms with van der Waals surface area (Å²) in [5, 5.41) is 2.95. The summed E-state index contributed by atoms with van der Waals surface area (Å²) in [5.74, 6) is 1.83. The molecule has 1 aromatic heterocycles. The van der Waals surface area contributed by atoms with Crippen LogP contribution in [0.5, 0.6) is 0 Å². The fourth-order valence-electron chi connectivity index (χ4n) is 1.31. The first-order valence-corrected chi connectivity index (χ1v) is 5.07. The molecule has 0 spiro atoms. The Kier molecular flexibility index (Phi) is 4.37. The lowest BCUT2D eigenvalue weighted by Crippen LogP contribution is -2.28. The highest BCUT2D eigenvalue weighted by Crippen LogP contribution is 2.08. The third-order valence-corrected chi connectivity index (χ3v) is 2.20. The van der Waals surface area contributed by atoms with E-state index in [1.54, 1.807) is 11.9 Å². The molecular formula is C11H18N2O2. The van der Waals surface area contributed by atoms with Crippen LogP contribution in [-0.4, -0.2) is 31.4 Å². The Bertz CT molecular complexity index is 320. The second-order valence-electron chi connectivity index (χ2n) is 3.62. The summed E-state index contributed by atoms with van der Waals surface area (Å²) < 4.78 is 5.40. The molecule has 0 saturated heterocycles. The molecule has 15 heavy (non-hydrogen) atoms. The highest BCUT2D eigenvalue weighted by atomic mass is 16.3. The second-order valence-corrected chi connectivity index (χ2v) is 3.62. The normalized spacial score (nSPS) is 10.3. The first-order chi connectivity index (χ1) is 7.13. The smallest absolute Gasteiger partial charge is 0.223 e. The molecule has 84 valence electrons. The number of carbonyl (C=O) groups excluding carboxylic acids is 1. The van der Waals surface area contributed by atoms with Crippen LogP contribution < -0.4 is 5.32 Å². The van der Waals surface area contributed by atoms with Gasteiger partial charge in [0, 0.05) is 20.0 Å². The van der Waals surface area contributed by atoms with E-state index in [4.69, 9.17) is 4.42 Å². The Morgan fingerprint density at radius 1 is 1.53 bits per heavy atom. The summed E-state index contributed by atoms with van der Waals surface area (Å²) in [5.41, 5.74) is 0. The lowest BCUT2D eigenvalue weighted by atomic mass is 10.3. The van der Waals surface area contributed by atoms with Gasteiger partial charge in [0.25, 0.3) is 0 Å². The second kappa shape index (κ2) is 5.56. The standard InChI is InChI=1S/C11H18N2O2/c1-9-4-5-10(15-9)8-13(3)11(14)6-7-12-2/h4-5,12H,6-8H2,1-3H3. The van der Waals surface area contributed by atoms with Crippen molar-refractivity contribution in [1.82, 2.24) is 10.2 Å². The number of amides is 1. The van der Waals surface area contributed by atoms with Gasteiger partial charge in [0.15, 0.2) is 0 Å². The largest absolute Gasteiger partial charge is 0.464 e. The zero-order chi connectivity index (χ0) is 11.3. The molecule has 0 radical (unpaired) electrons. The number of hydrogen-bond acceptors (Lipinski definition) is 3. The molecule has 4 heteroatoms. The Morgan fingerprint density at radius 3 is 2.80 bits per heavy atom. The minimum absolute atomic E-state index is 0.124. The van der Waals surface area contributed by atoms with Gasteiger partial charge in [0.2, 0.25) is 5.91 Å². The number of nitrogens with one attached hydrogen (secondary N) is 1. The van der Waals surface area contributed by atoms with E-state index >= 15 is 0 Å². The maximum atomic E-state index is 11.6. The monoisotopic (exact) mass is 210 g/mol. The molecule has 0 atom stereocenters. The van der Waals surface area contributed by atoms with Gasteiger partial charge in [-0.05, 0) is 26.1 Å². The molecule has 1 heterocycles. The van der Waals surface area contributed by atoms with Gasteiger partial charge in [-0.1, -0.05) is 0 Å². The van der Waals surface area contributed by atoms with Crippen LogP contribution in [0.3, 0.4) is 0 Å². The van der Waals surface area contributed by atoms with Gasteiger partial charge in [-0.15, -0.1) is 0 Å². The number of hydrogen-bond donors (Lipinski definition) is 1. The van der Waals surface area contributed by atoms with E-state index in [0.717, 1.165) is 11.5 Å². The summed E-state index contributed by atoms with van der Waals surface area (Å²) in [7, 11) is 3.62. The Hall–Kier alpha value is -1.29. The van der Waals surface area contributed by atoms with Crippen LogP contribution in [0.15, 0.2) is 16.5 Å². The van der Waals surface area contributed by atoms with E-state index in [-0.39, 0.29) is 5.91 Å². The van der Waals surface area contributed by atoms with Gasteiger partial charge >= 0.3 is 0 Å². The zero-order valence-electron chi connectivity index (χ0n) is 9.54. The molecule has 0 aliphatic heterocycles. The van der Waals surface area contributed by atoms with Gasteiger partial charge < -0.3 is 14.6 Å². The highest BCUT2D eigenvalue weighted by Gasteiger charge is 2.10. The minimum Gasteiger partial charge on any atom is -0.464 e. The van der Waals surface area contributed by atoms with Gasteiger partial charge in [0.05, 0.1) is 6.54 Å². The van der Waals surface area contributed by atoms with Crippen molar-refractivity contribution in [2.24, 2.45) is 0 Å². The van der Waals surface area contributed by atoms with Crippen molar-refractivity contribution in [1.29, 1.82) is 0 Å². The lowest BCUT2D eigenvalue weighted by Gasteiger charge is -2.15. The quantitative estimate of drug-likeness (QED) is 0.793. The van der Waals surface area contributed by atoms with Gasteiger partial charge in [-0.2, -0.15) is 0 Å². The zero-order valence-corrected chi connectivity index (χ0v) is 9.54. The van der Waals surface area contributed by atoms with Crippen LogP contribution in [-0.2, 0) is 11.3 Å². The van der Waals surface area contributed by atoms with E-state index in [1.807, 2.05) is 26.1 Å². The number of aryl methyl sites for hydroxylation is 1. The lowest BCUT2D eigenvalue weighted by molar-refractivity contribution is -0.130. The molecular weight excluding hydrogens is 192 g/mol. The van der Waals surface area contributed by atoms with Crippen molar-refractivity contribution in [3.63, 3.8) is 0 Å². The van der Waals surface area contributed by atoms with E-state index in [9.17, 15) is 4.79 Å². The molecule has 1 N–H and O–H groups in total. The SMILES string of the molecule is CNCCC(=O)N(C)Cc1ccc(C)o1. The van der Waals surface area contributed by atoms with Gasteiger partial charge in [-0.25, -0.2) is 0 Å². The first kappa shape index (κ1) is 11.8. The maximum Gasteiger partial charge on any atom is 0.223 e. The summed E-state index contributed by atoms with van der Waals surface area (Å²) in [6, 6.07) is 3.80. The highest BCUT2D eigenvalue weighted by molar-refractivity contribution is 5.75. The topological polar surface area (TPSA) is 45.5 Å². The van der Waals surface area contributed by atoms with Gasteiger partial charge in [-0.3, -0.25) is 4.79 Å². The van der Waals surface area contributed by atoms with Crippen molar-refractivity contribution < 1.29 is 9.21 Å². The average molecular weight is 210 g/mol. The molecule has 1 rings (SSSR count). The van der Waals surface area contributed by atoms with Crippen LogP contribution in [0, 0.1) is 6.92 Å². The molecule has 1 aromatic rings. The summed E-state index contributed by atoms with van der Waals surface area (Å²) >= 11 is 0. The van der Waals surface area contributed by atoms with E-state index in [1.165, 1.54) is 0 Å². The van der Waals surface area contributed by atoms with E-state index in [2.05, 4.69) is 5.32 Å². The fraction of sp³-hybridized carbons (Fsp3) is 0.545. The number of rotatable bonds is 5. The Balaban J connectivity index is 2.41. The predicted molar refractivity (Wildman–Crippen MR) is 58.5 cm³/mol. The minimum atomic E-state index is 0.124. The number of nitrogens with zero attached hydrogens (tertiary/aromatic N) is 1. The van der Waals surface area contributed by atoms with E-state index < -0.39 is 0 Å². The fourth-order valence-corrected chi connectivity index (χ4v) is 1.31. The average Bonchev–Trinajstić information content (AvgIpc) is 2.60. The van der Waals surface area contributed by atoms with Crippen molar-refractivity contribution in [2.75, 3.05) is 20.6 Å². The first-order valence-electron chi connectivity index (χ1n) is 5.07. The van der Waals surface area contributed by atoms with Crippen LogP contribution >= 0.6 is 0 Å². The third kappa shape index (κ3) is 3.75. The van der Waals surface area contributed by atoms with Crippen LogP contribution in [0.1, 0.15) is 17.9 Å². The molecule has 4 nitrogen and oxygen atoms in total. The van der Waals surface area contributed by atoms with Crippen molar-refractivity contribution in [3.05, 3.63) is 23.7 Å². The summed E-state index contributed by atoms with van der Waals surface area (Å²) in [4.78, 5) is 13.2. The maximum absolute atomic E-state index is 11.6. The summed E-state index contributed by atoms with van der Waals surface area (Å²) in [6.45, 7) is 3.14. The van der Waals surface area contributed by atoms with Crippen molar-refractivity contribution in [2.45, 2.75) is 19.9 Å². The van der Waals surface area contributed by atoms with E-state index in [0.29, 0.717) is 19.5 Å². The molecule has 0 fully saturated rings. The Labute approximate surface area is 90.3 Å². The molecule has 0 bridgehead atoms. The summed E-state index contributed by atoms with van der Waals surface area (Å²) in [6.07, 6.45) is 0.521. The third-order valence-electron chi connectivity index (χ3n) is 2.20. The molecule has 0 aliphatic carbocycles. The Morgan fingerprint density at radius 2 is 2.27 bits per heavy atom. The number of carbonyl (C=O) groups is 1. The number of furan rings is 1. The molecule has 0 saturated carbocycles.